The lowest BCUT2D eigenvalue weighted by Gasteiger charge is -2.16. The van der Waals surface area contributed by atoms with E-state index in [4.69, 9.17) is 11.3 Å². The average molecular weight is 418 g/mol. The number of thioether (sulfide) groups is 1. The molecular formula is C20H13F3N2O3S. The Morgan fingerprint density at radius 1 is 1.14 bits per heavy atom. The highest BCUT2D eigenvalue weighted by atomic mass is 32.2. The van der Waals surface area contributed by atoms with Crippen molar-refractivity contribution in [2.75, 3.05) is 0 Å². The van der Waals surface area contributed by atoms with Gasteiger partial charge >= 0.3 is 6.18 Å². The van der Waals surface area contributed by atoms with Gasteiger partial charge in [-0.3, -0.25) is 14.9 Å². The summed E-state index contributed by atoms with van der Waals surface area (Å²) in [6, 6.07) is 8.35. The number of imide groups is 1. The second-order valence-corrected chi connectivity index (χ2v) is 7.83. The molecule has 1 fully saturated rings. The molecule has 1 aliphatic heterocycles. The number of rotatable bonds is 3. The summed E-state index contributed by atoms with van der Waals surface area (Å²) >= 11 is 0.998. The molecule has 0 bridgehead atoms. The third-order valence-electron chi connectivity index (χ3n) is 4.95. The molecule has 1 unspecified atom stereocenters. The number of hydrogen-bond donors (Lipinski definition) is 1. The minimum absolute atomic E-state index is 0.0738. The SMILES string of the molecule is [C-]#[N+]c1cc(Oc2ccc3c(c2)CC[C@H]3C2SC(=O)NC2=O)ccc1C(F)(F)F. The van der Waals surface area contributed by atoms with Crippen molar-refractivity contribution in [1.82, 2.24) is 5.32 Å². The number of carbonyl (C=O) groups excluding carboxylic acids is 2. The lowest BCUT2D eigenvalue weighted by molar-refractivity contribution is -0.136. The Hall–Kier alpha value is -2.99. The molecule has 2 aliphatic rings. The Bertz CT molecular complexity index is 1060. The van der Waals surface area contributed by atoms with Crippen molar-refractivity contribution in [3.63, 3.8) is 0 Å². The molecule has 1 saturated heterocycles. The minimum Gasteiger partial charge on any atom is -0.459 e. The average Bonchev–Trinajstić information content (AvgIpc) is 3.22. The third-order valence-corrected chi connectivity index (χ3v) is 6.07. The highest BCUT2D eigenvalue weighted by Crippen LogP contribution is 2.44. The Labute approximate surface area is 168 Å². The Balaban J connectivity index is 1.56. The monoisotopic (exact) mass is 418 g/mol. The standard InChI is InChI=1S/C20H13F3N2O3S/c1-24-16-9-12(4-7-15(16)20(21,22)23)28-11-3-6-13-10(8-11)2-5-14(13)17-18(26)25-19(27)29-17/h3-4,6-9,14,17H,2,5H2,(H,25,26,27)/t14-,17?/m1/s1. The minimum atomic E-state index is -4.60. The van der Waals surface area contributed by atoms with Crippen LogP contribution in [-0.4, -0.2) is 16.4 Å². The first-order valence-corrected chi connectivity index (χ1v) is 9.55. The van der Waals surface area contributed by atoms with Crippen LogP contribution < -0.4 is 10.1 Å². The summed E-state index contributed by atoms with van der Waals surface area (Å²) in [4.78, 5) is 26.4. The van der Waals surface area contributed by atoms with Gasteiger partial charge in [0.05, 0.1) is 12.1 Å². The molecule has 1 N–H and O–H groups in total. The molecular weight excluding hydrogens is 405 g/mol. The van der Waals surface area contributed by atoms with E-state index in [2.05, 4.69) is 10.2 Å². The zero-order valence-electron chi connectivity index (χ0n) is 14.7. The highest BCUT2D eigenvalue weighted by molar-refractivity contribution is 8.15. The van der Waals surface area contributed by atoms with E-state index in [1.165, 1.54) is 6.07 Å². The van der Waals surface area contributed by atoms with E-state index < -0.39 is 22.7 Å². The molecule has 4 rings (SSSR count). The molecule has 1 aliphatic carbocycles. The maximum atomic E-state index is 12.9. The van der Waals surface area contributed by atoms with Crippen molar-refractivity contribution in [3.05, 3.63) is 64.5 Å². The third kappa shape index (κ3) is 3.68. The van der Waals surface area contributed by atoms with Crippen molar-refractivity contribution < 1.29 is 27.5 Å². The number of nitrogens with one attached hydrogen (secondary N) is 1. The summed E-state index contributed by atoms with van der Waals surface area (Å²) in [5.74, 6) is 0.208. The molecule has 0 radical (unpaired) electrons. The maximum Gasteiger partial charge on any atom is 0.407 e. The van der Waals surface area contributed by atoms with Crippen molar-refractivity contribution in [3.8, 4) is 11.5 Å². The van der Waals surface area contributed by atoms with Gasteiger partial charge in [-0.05, 0) is 48.2 Å². The van der Waals surface area contributed by atoms with Gasteiger partial charge in [-0.25, -0.2) is 4.85 Å². The summed E-state index contributed by atoms with van der Waals surface area (Å²) < 4.78 is 44.4. The lowest BCUT2D eigenvalue weighted by atomic mass is 9.97. The van der Waals surface area contributed by atoms with Crippen molar-refractivity contribution in [2.24, 2.45) is 0 Å². The van der Waals surface area contributed by atoms with Crippen LogP contribution in [0.4, 0.5) is 23.7 Å². The molecule has 2 amide bonds. The van der Waals surface area contributed by atoms with E-state index in [1.54, 1.807) is 12.1 Å². The van der Waals surface area contributed by atoms with Gasteiger partial charge in [0.1, 0.15) is 16.7 Å². The largest absolute Gasteiger partial charge is 0.459 e. The first-order valence-electron chi connectivity index (χ1n) is 8.67. The fourth-order valence-corrected chi connectivity index (χ4v) is 4.69. The van der Waals surface area contributed by atoms with E-state index in [1.807, 2.05) is 6.07 Å². The number of aryl methyl sites for hydroxylation is 1. The molecule has 0 aromatic heterocycles. The number of benzene rings is 2. The maximum absolute atomic E-state index is 12.9. The lowest BCUT2D eigenvalue weighted by Crippen LogP contribution is -2.27. The number of carbonyl (C=O) groups is 2. The van der Waals surface area contributed by atoms with Crippen LogP contribution in [0.3, 0.4) is 0 Å². The number of hydrogen-bond acceptors (Lipinski definition) is 4. The smallest absolute Gasteiger partial charge is 0.407 e. The van der Waals surface area contributed by atoms with E-state index in [0.29, 0.717) is 12.2 Å². The molecule has 148 valence electrons. The number of fused-ring (bicyclic) bond motifs is 1. The predicted molar refractivity (Wildman–Crippen MR) is 100 cm³/mol. The molecule has 9 heteroatoms. The van der Waals surface area contributed by atoms with Crippen LogP contribution in [0.25, 0.3) is 4.85 Å². The fourth-order valence-electron chi connectivity index (χ4n) is 3.68. The van der Waals surface area contributed by atoms with Crippen molar-refractivity contribution >= 4 is 28.6 Å². The normalized spacial score (nSPS) is 20.9. The van der Waals surface area contributed by atoms with Gasteiger partial charge < -0.3 is 4.74 Å². The first-order chi connectivity index (χ1) is 13.8. The van der Waals surface area contributed by atoms with Gasteiger partial charge in [-0.2, -0.15) is 13.2 Å². The van der Waals surface area contributed by atoms with Gasteiger partial charge in [0.2, 0.25) is 11.6 Å². The van der Waals surface area contributed by atoms with Crippen molar-refractivity contribution in [2.45, 2.75) is 30.2 Å². The molecule has 2 aromatic rings. The van der Waals surface area contributed by atoms with Gasteiger partial charge in [0.15, 0.2) is 0 Å². The van der Waals surface area contributed by atoms with E-state index in [0.717, 1.165) is 41.4 Å². The molecule has 5 nitrogen and oxygen atoms in total. The fraction of sp³-hybridized carbons (Fsp3) is 0.250. The second-order valence-electron chi connectivity index (χ2n) is 6.71. The van der Waals surface area contributed by atoms with Crippen LogP contribution in [0.5, 0.6) is 11.5 Å². The molecule has 1 heterocycles. The zero-order chi connectivity index (χ0) is 20.8. The van der Waals surface area contributed by atoms with Crippen LogP contribution in [0, 0.1) is 6.57 Å². The molecule has 0 saturated carbocycles. The summed E-state index contributed by atoms with van der Waals surface area (Å²) in [7, 11) is 0. The molecule has 2 aromatic carbocycles. The predicted octanol–water partition coefficient (Wildman–Crippen LogP) is 5.43. The topological polar surface area (TPSA) is 59.8 Å². The highest BCUT2D eigenvalue weighted by Gasteiger charge is 2.41. The molecule has 29 heavy (non-hydrogen) atoms. The zero-order valence-corrected chi connectivity index (χ0v) is 15.6. The van der Waals surface area contributed by atoms with Gasteiger partial charge in [0.25, 0.3) is 5.24 Å². The van der Waals surface area contributed by atoms with E-state index in [-0.39, 0.29) is 22.8 Å². The van der Waals surface area contributed by atoms with Gasteiger partial charge in [-0.15, -0.1) is 0 Å². The Kier molecular flexibility index (Phi) is 4.74. The van der Waals surface area contributed by atoms with E-state index >= 15 is 0 Å². The number of halogens is 3. The second kappa shape index (κ2) is 7.12. The van der Waals surface area contributed by atoms with Crippen molar-refractivity contribution in [1.29, 1.82) is 0 Å². The number of alkyl halides is 3. The molecule has 2 atom stereocenters. The van der Waals surface area contributed by atoms with Gasteiger partial charge in [-0.1, -0.05) is 23.9 Å². The summed E-state index contributed by atoms with van der Waals surface area (Å²) in [5.41, 5.74) is 0.412. The van der Waals surface area contributed by atoms with Crippen LogP contribution in [-0.2, 0) is 17.4 Å². The first kappa shape index (κ1) is 19.3. The number of amides is 2. The van der Waals surface area contributed by atoms with Crippen LogP contribution in [0.15, 0.2) is 36.4 Å². The Morgan fingerprint density at radius 2 is 1.86 bits per heavy atom. The Morgan fingerprint density at radius 3 is 2.52 bits per heavy atom. The number of nitrogens with zero attached hydrogens (tertiary/aromatic N) is 1. The van der Waals surface area contributed by atoms with Gasteiger partial charge in [0, 0.05) is 5.92 Å². The number of ether oxygens (including phenoxy) is 1. The van der Waals surface area contributed by atoms with Crippen LogP contribution >= 0.6 is 11.8 Å². The van der Waals surface area contributed by atoms with E-state index in [9.17, 15) is 22.8 Å². The van der Waals surface area contributed by atoms with Crippen LogP contribution in [0.1, 0.15) is 29.0 Å². The summed E-state index contributed by atoms with van der Waals surface area (Å²) in [6.45, 7) is 6.99. The summed E-state index contributed by atoms with van der Waals surface area (Å²) in [5, 5.41) is 1.51. The summed E-state index contributed by atoms with van der Waals surface area (Å²) in [6.07, 6.45) is -3.18. The van der Waals surface area contributed by atoms with Crippen LogP contribution in [0.2, 0.25) is 0 Å². The molecule has 0 spiro atoms. The quantitative estimate of drug-likeness (QED) is 0.676.